The van der Waals surface area contributed by atoms with Crippen LogP contribution in [-0.2, 0) is 14.3 Å². The number of benzene rings is 2. The van der Waals surface area contributed by atoms with E-state index in [1.54, 1.807) is 76.4 Å². The molecule has 0 saturated heterocycles. The second-order valence-corrected chi connectivity index (χ2v) is 8.21. The number of anilines is 1. The van der Waals surface area contributed by atoms with E-state index in [9.17, 15) is 14.4 Å². The highest BCUT2D eigenvalue weighted by molar-refractivity contribution is 5.98. The molecule has 0 bridgehead atoms. The summed E-state index contributed by atoms with van der Waals surface area (Å²) in [6.45, 7) is 4.81. The summed E-state index contributed by atoms with van der Waals surface area (Å²) in [6.07, 6.45) is 4.90. The SMILES string of the molecule is C#Cc1ccccc1C(C(=O)Nc1ccc(OC)cc1)N(C)C(=O)CNC(=O)OC(C)(C)C. The number of methoxy groups -OCH3 is 1. The molecule has 1 atom stereocenters. The number of alkyl carbamates (subject to hydrolysis) is 1. The summed E-state index contributed by atoms with van der Waals surface area (Å²) in [5.74, 6) is 2.24. The van der Waals surface area contributed by atoms with Crippen LogP contribution in [0.4, 0.5) is 10.5 Å². The van der Waals surface area contributed by atoms with Crippen LogP contribution in [0.15, 0.2) is 48.5 Å². The van der Waals surface area contributed by atoms with E-state index in [0.29, 0.717) is 22.6 Å². The molecular weight excluding hydrogens is 422 g/mol. The fourth-order valence-electron chi connectivity index (χ4n) is 3.01. The van der Waals surface area contributed by atoms with Crippen molar-refractivity contribution in [3.05, 3.63) is 59.7 Å². The molecule has 3 amide bonds. The number of nitrogens with one attached hydrogen (secondary N) is 2. The second kappa shape index (κ2) is 11.0. The molecule has 0 aliphatic carbocycles. The summed E-state index contributed by atoms with van der Waals surface area (Å²) in [6, 6.07) is 12.6. The molecule has 33 heavy (non-hydrogen) atoms. The van der Waals surface area contributed by atoms with Crippen molar-refractivity contribution in [3.8, 4) is 18.1 Å². The number of terminal acetylenes is 1. The molecule has 0 aliphatic heterocycles. The molecule has 2 N–H and O–H groups in total. The van der Waals surface area contributed by atoms with Crippen LogP contribution < -0.4 is 15.4 Å². The molecule has 0 saturated carbocycles. The van der Waals surface area contributed by atoms with Gasteiger partial charge in [-0.25, -0.2) is 4.79 Å². The van der Waals surface area contributed by atoms with E-state index in [1.165, 1.54) is 11.9 Å². The molecule has 0 radical (unpaired) electrons. The van der Waals surface area contributed by atoms with Crippen LogP contribution in [0.3, 0.4) is 0 Å². The molecule has 1 unspecified atom stereocenters. The van der Waals surface area contributed by atoms with Gasteiger partial charge < -0.3 is 25.0 Å². The topological polar surface area (TPSA) is 97.0 Å². The number of carbonyl (C=O) groups excluding carboxylic acids is 3. The second-order valence-electron chi connectivity index (χ2n) is 8.21. The Labute approximate surface area is 194 Å². The molecule has 8 heteroatoms. The van der Waals surface area contributed by atoms with Crippen LogP contribution in [0.2, 0.25) is 0 Å². The molecule has 0 heterocycles. The zero-order valence-electron chi connectivity index (χ0n) is 19.5. The number of likely N-dealkylation sites (N-methyl/N-ethyl adjacent to an activating group) is 1. The van der Waals surface area contributed by atoms with Gasteiger partial charge in [0.2, 0.25) is 5.91 Å². The molecule has 2 aromatic carbocycles. The molecule has 0 spiro atoms. The molecule has 0 fully saturated rings. The van der Waals surface area contributed by atoms with Crippen molar-refractivity contribution in [1.82, 2.24) is 10.2 Å². The zero-order valence-corrected chi connectivity index (χ0v) is 19.5. The lowest BCUT2D eigenvalue weighted by Crippen LogP contribution is -2.44. The summed E-state index contributed by atoms with van der Waals surface area (Å²) < 4.78 is 10.3. The highest BCUT2D eigenvalue weighted by atomic mass is 16.6. The van der Waals surface area contributed by atoms with E-state index >= 15 is 0 Å². The van der Waals surface area contributed by atoms with E-state index < -0.39 is 29.6 Å². The number of hydrogen-bond acceptors (Lipinski definition) is 5. The van der Waals surface area contributed by atoms with Crippen molar-refractivity contribution in [2.45, 2.75) is 32.4 Å². The lowest BCUT2D eigenvalue weighted by Gasteiger charge is -2.29. The first-order valence-corrected chi connectivity index (χ1v) is 10.3. The van der Waals surface area contributed by atoms with Crippen molar-refractivity contribution in [2.24, 2.45) is 0 Å². The van der Waals surface area contributed by atoms with Gasteiger partial charge in [0.25, 0.3) is 5.91 Å². The Morgan fingerprint density at radius 1 is 1.09 bits per heavy atom. The maximum Gasteiger partial charge on any atom is 0.408 e. The summed E-state index contributed by atoms with van der Waals surface area (Å²) in [7, 11) is 3.02. The first kappa shape index (κ1) is 25.3. The van der Waals surface area contributed by atoms with Gasteiger partial charge in [-0.3, -0.25) is 9.59 Å². The third-order valence-electron chi connectivity index (χ3n) is 4.58. The number of rotatable bonds is 7. The molecular formula is C25H29N3O5. The highest BCUT2D eigenvalue weighted by Gasteiger charge is 2.30. The first-order chi connectivity index (χ1) is 15.6. The van der Waals surface area contributed by atoms with Crippen LogP contribution in [0.1, 0.15) is 37.9 Å². The van der Waals surface area contributed by atoms with Crippen molar-refractivity contribution in [2.75, 3.05) is 26.0 Å². The molecule has 0 aliphatic rings. The van der Waals surface area contributed by atoms with Crippen molar-refractivity contribution in [3.63, 3.8) is 0 Å². The predicted molar refractivity (Wildman–Crippen MR) is 126 cm³/mol. The third-order valence-corrected chi connectivity index (χ3v) is 4.58. The maximum atomic E-state index is 13.3. The standard InChI is InChI=1S/C25H29N3O5/c1-7-17-10-8-9-11-20(17)22(23(30)27-18-12-14-19(32-6)15-13-18)28(5)21(29)16-26-24(31)33-25(2,3)4/h1,8-15,22H,16H2,2-6H3,(H,26,31)(H,27,30). The van der Waals surface area contributed by atoms with Crippen LogP contribution in [0.25, 0.3) is 0 Å². The van der Waals surface area contributed by atoms with Gasteiger partial charge in [0, 0.05) is 18.3 Å². The van der Waals surface area contributed by atoms with E-state index in [-0.39, 0.29) is 6.54 Å². The average molecular weight is 452 g/mol. The van der Waals surface area contributed by atoms with Crippen molar-refractivity contribution < 1.29 is 23.9 Å². The molecule has 2 rings (SSSR count). The number of nitrogens with zero attached hydrogens (tertiary/aromatic N) is 1. The molecule has 2 aromatic rings. The number of amides is 3. The molecule has 174 valence electrons. The van der Waals surface area contributed by atoms with Gasteiger partial charge in [-0.2, -0.15) is 0 Å². The van der Waals surface area contributed by atoms with Crippen LogP contribution in [0, 0.1) is 12.3 Å². The lowest BCUT2D eigenvalue weighted by molar-refractivity contribution is -0.136. The normalized spacial score (nSPS) is 11.5. The minimum Gasteiger partial charge on any atom is -0.497 e. The lowest BCUT2D eigenvalue weighted by atomic mass is 9.98. The van der Waals surface area contributed by atoms with Gasteiger partial charge in [-0.05, 0) is 56.7 Å². The van der Waals surface area contributed by atoms with E-state index in [2.05, 4.69) is 16.6 Å². The Morgan fingerprint density at radius 3 is 2.30 bits per heavy atom. The van der Waals surface area contributed by atoms with Crippen LogP contribution >= 0.6 is 0 Å². The Hall–Kier alpha value is -3.99. The molecule has 0 aromatic heterocycles. The fourth-order valence-corrected chi connectivity index (χ4v) is 3.01. The smallest absolute Gasteiger partial charge is 0.408 e. The van der Waals surface area contributed by atoms with Gasteiger partial charge in [0.15, 0.2) is 0 Å². The number of ether oxygens (including phenoxy) is 2. The molecule has 8 nitrogen and oxygen atoms in total. The largest absolute Gasteiger partial charge is 0.497 e. The highest BCUT2D eigenvalue weighted by Crippen LogP contribution is 2.25. The number of carbonyl (C=O) groups is 3. The minimum atomic E-state index is -1.03. The van der Waals surface area contributed by atoms with E-state index in [0.717, 1.165) is 0 Å². The first-order valence-electron chi connectivity index (χ1n) is 10.3. The number of hydrogen-bond donors (Lipinski definition) is 2. The van der Waals surface area contributed by atoms with E-state index in [4.69, 9.17) is 15.9 Å². The van der Waals surface area contributed by atoms with Crippen LogP contribution in [0.5, 0.6) is 5.75 Å². The van der Waals surface area contributed by atoms with Gasteiger partial charge in [0.1, 0.15) is 23.9 Å². The monoisotopic (exact) mass is 451 g/mol. The Morgan fingerprint density at radius 2 is 1.73 bits per heavy atom. The Bertz CT molecular complexity index is 1040. The third kappa shape index (κ3) is 7.28. The predicted octanol–water partition coefficient (Wildman–Crippen LogP) is 3.34. The minimum absolute atomic E-state index is 0.351. The summed E-state index contributed by atoms with van der Waals surface area (Å²) in [5, 5.41) is 5.22. The average Bonchev–Trinajstić information content (AvgIpc) is 2.77. The summed E-state index contributed by atoms with van der Waals surface area (Å²) in [4.78, 5) is 39.3. The van der Waals surface area contributed by atoms with Crippen LogP contribution in [-0.4, -0.2) is 49.1 Å². The summed E-state index contributed by atoms with van der Waals surface area (Å²) in [5.41, 5.74) is 0.786. The van der Waals surface area contributed by atoms with Gasteiger partial charge in [0.05, 0.1) is 7.11 Å². The Balaban J connectivity index is 2.26. The van der Waals surface area contributed by atoms with Gasteiger partial charge in [-0.1, -0.05) is 24.1 Å². The summed E-state index contributed by atoms with van der Waals surface area (Å²) >= 11 is 0. The fraction of sp³-hybridized carbons (Fsp3) is 0.320. The van der Waals surface area contributed by atoms with Crippen molar-refractivity contribution >= 4 is 23.6 Å². The zero-order chi connectivity index (χ0) is 24.6. The Kier molecular flexibility index (Phi) is 8.46. The quantitative estimate of drug-likeness (QED) is 0.630. The van der Waals surface area contributed by atoms with Gasteiger partial charge in [-0.15, -0.1) is 6.42 Å². The van der Waals surface area contributed by atoms with Crippen molar-refractivity contribution in [1.29, 1.82) is 0 Å². The van der Waals surface area contributed by atoms with E-state index in [1.807, 2.05) is 0 Å². The maximum absolute atomic E-state index is 13.3. The van der Waals surface area contributed by atoms with Gasteiger partial charge >= 0.3 is 6.09 Å².